The van der Waals surface area contributed by atoms with Gasteiger partial charge >= 0.3 is 6.03 Å². The molecule has 0 aromatic carbocycles. The monoisotopic (exact) mass is 235 g/mol. The molecule has 0 aliphatic rings. The summed E-state index contributed by atoms with van der Waals surface area (Å²) in [5.74, 6) is 0. The van der Waals surface area contributed by atoms with Gasteiger partial charge in [-0.15, -0.1) is 0 Å². The van der Waals surface area contributed by atoms with Crippen molar-refractivity contribution in [2.24, 2.45) is 0 Å². The molecule has 0 unspecified atom stereocenters. The van der Waals surface area contributed by atoms with Crippen LogP contribution in [0.1, 0.15) is 6.92 Å². The molecule has 0 spiro atoms. The maximum absolute atomic E-state index is 11.7. The molecular weight excluding hydrogens is 222 g/mol. The second kappa shape index (κ2) is 4.79. The van der Waals surface area contributed by atoms with E-state index in [-0.39, 0.29) is 6.03 Å². The van der Waals surface area contributed by atoms with Crippen LogP contribution >= 0.6 is 0 Å². The molecule has 17 heavy (non-hydrogen) atoms. The molecule has 90 valence electrons. The number of amides is 2. The largest absolute Gasteiger partial charge is 0.345 e. The zero-order valence-corrected chi connectivity index (χ0v) is 9.62. The van der Waals surface area contributed by atoms with Gasteiger partial charge in [0.1, 0.15) is 0 Å². The van der Waals surface area contributed by atoms with Crippen molar-refractivity contribution in [2.75, 3.05) is 19.0 Å². The molecule has 2 aromatic heterocycles. The van der Waals surface area contributed by atoms with Gasteiger partial charge in [0.05, 0.1) is 19.0 Å². The lowest BCUT2D eigenvalue weighted by Gasteiger charge is -2.17. The molecule has 0 fully saturated rings. The van der Waals surface area contributed by atoms with Gasteiger partial charge in [0, 0.05) is 25.0 Å². The summed E-state index contributed by atoms with van der Waals surface area (Å²) in [7, 11) is 1.44. The van der Waals surface area contributed by atoms with Gasteiger partial charge in [-0.25, -0.2) is 19.4 Å². The highest BCUT2D eigenvalue weighted by Crippen LogP contribution is 2.09. The van der Waals surface area contributed by atoms with E-state index in [0.29, 0.717) is 17.9 Å². The molecule has 0 atom stereocenters. The van der Waals surface area contributed by atoms with Crippen molar-refractivity contribution in [3.8, 4) is 0 Å². The lowest BCUT2D eigenvalue weighted by atomic mass is 10.4. The standard InChI is InChI=1S/C10H13N5O2/c1-3-15(17-2)10(16)13-8-6-9-11-4-5-14(9)12-7-8/h4-7H,3H2,1-2H3,(H,13,16). The fourth-order valence-corrected chi connectivity index (χ4v) is 1.42. The van der Waals surface area contributed by atoms with Crippen molar-refractivity contribution < 1.29 is 9.63 Å². The van der Waals surface area contributed by atoms with Crippen molar-refractivity contribution in [2.45, 2.75) is 6.92 Å². The molecule has 0 aliphatic heterocycles. The Morgan fingerprint density at radius 1 is 1.65 bits per heavy atom. The van der Waals surface area contributed by atoms with E-state index in [0.717, 1.165) is 0 Å². The van der Waals surface area contributed by atoms with E-state index in [1.165, 1.54) is 12.2 Å². The second-order valence-electron chi connectivity index (χ2n) is 3.28. The normalized spacial score (nSPS) is 10.5. The lowest BCUT2D eigenvalue weighted by molar-refractivity contribution is -0.0775. The summed E-state index contributed by atoms with van der Waals surface area (Å²) in [5, 5.41) is 7.96. The van der Waals surface area contributed by atoms with Crippen LogP contribution in [0.3, 0.4) is 0 Å². The van der Waals surface area contributed by atoms with Crippen LogP contribution in [-0.4, -0.2) is 39.3 Å². The van der Waals surface area contributed by atoms with Crippen LogP contribution in [0, 0.1) is 0 Å². The number of hydroxylamine groups is 2. The zero-order valence-electron chi connectivity index (χ0n) is 9.62. The van der Waals surface area contributed by atoms with Gasteiger partial charge in [0.25, 0.3) is 0 Å². The molecule has 0 saturated heterocycles. The Labute approximate surface area is 98.0 Å². The van der Waals surface area contributed by atoms with E-state index in [4.69, 9.17) is 4.84 Å². The van der Waals surface area contributed by atoms with E-state index in [1.54, 1.807) is 29.2 Å². The van der Waals surface area contributed by atoms with Crippen LogP contribution in [-0.2, 0) is 4.84 Å². The maximum Gasteiger partial charge on any atom is 0.345 e. The quantitative estimate of drug-likeness (QED) is 0.810. The fraction of sp³-hybridized carbons (Fsp3) is 0.300. The van der Waals surface area contributed by atoms with E-state index in [1.807, 2.05) is 6.92 Å². The molecule has 7 heteroatoms. The number of anilines is 1. The predicted octanol–water partition coefficient (Wildman–Crippen LogP) is 1.14. The summed E-state index contributed by atoms with van der Waals surface area (Å²) in [4.78, 5) is 20.6. The molecule has 7 nitrogen and oxygen atoms in total. The van der Waals surface area contributed by atoms with Crippen LogP contribution in [0.25, 0.3) is 5.65 Å². The molecular formula is C10H13N5O2. The summed E-state index contributed by atoms with van der Waals surface area (Å²) in [5.41, 5.74) is 1.24. The predicted molar refractivity (Wildman–Crippen MR) is 61.4 cm³/mol. The SMILES string of the molecule is CCN(OC)C(=O)Nc1cnn2ccnc2c1. The number of carbonyl (C=O) groups is 1. The molecule has 2 aromatic rings. The Balaban J connectivity index is 2.14. The Bertz CT molecular complexity index is 520. The van der Waals surface area contributed by atoms with E-state index in [2.05, 4.69) is 15.4 Å². The number of nitrogens with zero attached hydrogens (tertiary/aromatic N) is 4. The Morgan fingerprint density at radius 2 is 2.47 bits per heavy atom. The first kappa shape index (κ1) is 11.3. The third-order valence-corrected chi connectivity index (χ3v) is 2.24. The summed E-state index contributed by atoms with van der Waals surface area (Å²) in [6.07, 6.45) is 4.92. The first-order chi connectivity index (χ1) is 8.24. The Morgan fingerprint density at radius 3 is 3.18 bits per heavy atom. The lowest BCUT2D eigenvalue weighted by Crippen LogP contribution is -2.33. The topological polar surface area (TPSA) is 71.8 Å². The van der Waals surface area contributed by atoms with Crippen LogP contribution < -0.4 is 5.32 Å². The number of nitrogens with one attached hydrogen (secondary N) is 1. The molecule has 2 heterocycles. The number of urea groups is 1. The summed E-state index contributed by atoms with van der Waals surface area (Å²) >= 11 is 0. The fourth-order valence-electron chi connectivity index (χ4n) is 1.42. The molecule has 0 saturated carbocycles. The minimum Gasteiger partial charge on any atom is -0.304 e. The highest BCUT2D eigenvalue weighted by molar-refractivity contribution is 5.88. The van der Waals surface area contributed by atoms with Gasteiger partial charge in [-0.1, -0.05) is 0 Å². The smallest absolute Gasteiger partial charge is 0.304 e. The van der Waals surface area contributed by atoms with E-state index >= 15 is 0 Å². The highest BCUT2D eigenvalue weighted by atomic mass is 16.7. The number of hydrogen-bond acceptors (Lipinski definition) is 4. The van der Waals surface area contributed by atoms with Gasteiger partial charge in [0.2, 0.25) is 0 Å². The Hall–Kier alpha value is -2.15. The molecule has 2 rings (SSSR count). The van der Waals surface area contributed by atoms with Crippen molar-refractivity contribution in [3.05, 3.63) is 24.7 Å². The third kappa shape index (κ3) is 2.34. The van der Waals surface area contributed by atoms with Crippen molar-refractivity contribution >= 4 is 17.4 Å². The van der Waals surface area contributed by atoms with E-state index < -0.39 is 0 Å². The van der Waals surface area contributed by atoms with Gasteiger partial charge < -0.3 is 5.32 Å². The van der Waals surface area contributed by atoms with Crippen LogP contribution in [0.4, 0.5) is 10.5 Å². The second-order valence-corrected chi connectivity index (χ2v) is 3.28. The highest BCUT2D eigenvalue weighted by Gasteiger charge is 2.11. The van der Waals surface area contributed by atoms with Gasteiger partial charge in [-0.2, -0.15) is 5.10 Å². The summed E-state index contributed by atoms with van der Waals surface area (Å²) < 4.78 is 1.61. The molecule has 0 radical (unpaired) electrons. The Kier molecular flexibility index (Phi) is 3.20. The first-order valence-corrected chi connectivity index (χ1v) is 5.16. The minimum absolute atomic E-state index is 0.340. The van der Waals surface area contributed by atoms with Crippen molar-refractivity contribution in [1.82, 2.24) is 19.7 Å². The average molecular weight is 235 g/mol. The minimum atomic E-state index is -0.340. The number of hydrogen-bond donors (Lipinski definition) is 1. The number of carbonyl (C=O) groups excluding carboxylic acids is 1. The van der Waals surface area contributed by atoms with Crippen LogP contribution in [0.5, 0.6) is 0 Å². The molecule has 0 bridgehead atoms. The molecule has 0 aliphatic carbocycles. The molecule has 2 amide bonds. The molecule has 1 N–H and O–H groups in total. The number of imidazole rings is 1. The number of aromatic nitrogens is 3. The number of rotatable bonds is 3. The number of fused-ring (bicyclic) bond motifs is 1. The van der Waals surface area contributed by atoms with Gasteiger partial charge in [0.15, 0.2) is 5.65 Å². The third-order valence-electron chi connectivity index (χ3n) is 2.24. The first-order valence-electron chi connectivity index (χ1n) is 5.16. The summed E-state index contributed by atoms with van der Waals surface area (Å²) in [6, 6.07) is 1.39. The average Bonchev–Trinajstić information content (AvgIpc) is 2.77. The van der Waals surface area contributed by atoms with Crippen LogP contribution in [0.2, 0.25) is 0 Å². The zero-order chi connectivity index (χ0) is 12.3. The maximum atomic E-state index is 11.7. The van der Waals surface area contributed by atoms with Crippen molar-refractivity contribution in [1.29, 1.82) is 0 Å². The van der Waals surface area contributed by atoms with Crippen molar-refractivity contribution in [3.63, 3.8) is 0 Å². The van der Waals surface area contributed by atoms with Gasteiger partial charge in [-0.3, -0.25) is 4.84 Å². The van der Waals surface area contributed by atoms with Crippen LogP contribution in [0.15, 0.2) is 24.7 Å². The van der Waals surface area contributed by atoms with E-state index in [9.17, 15) is 4.79 Å². The van der Waals surface area contributed by atoms with Gasteiger partial charge in [-0.05, 0) is 6.92 Å². The summed E-state index contributed by atoms with van der Waals surface area (Å²) in [6.45, 7) is 2.28.